The maximum atomic E-state index is 9.03. The van der Waals surface area contributed by atoms with Crippen molar-refractivity contribution in [1.29, 1.82) is 5.26 Å². The fourth-order valence-corrected chi connectivity index (χ4v) is 1.77. The molecule has 0 aliphatic carbocycles. The Bertz CT molecular complexity index is 570. The second-order valence-electron chi connectivity index (χ2n) is 3.48. The highest BCUT2D eigenvalue weighted by Gasteiger charge is 2.08. The van der Waals surface area contributed by atoms with E-state index in [-0.39, 0.29) is 0 Å². The highest BCUT2D eigenvalue weighted by Crippen LogP contribution is 2.27. The average Bonchev–Trinajstić information content (AvgIpc) is 2.29. The van der Waals surface area contributed by atoms with Crippen molar-refractivity contribution in [1.82, 2.24) is 4.98 Å². The zero-order valence-corrected chi connectivity index (χ0v) is 9.49. The van der Waals surface area contributed by atoms with Crippen molar-refractivity contribution in [2.24, 2.45) is 0 Å². The summed E-state index contributed by atoms with van der Waals surface area (Å²) in [5, 5.41) is 9.43. The quantitative estimate of drug-likeness (QED) is 0.700. The van der Waals surface area contributed by atoms with Crippen molar-refractivity contribution in [2.45, 2.75) is 6.92 Å². The van der Waals surface area contributed by atoms with Crippen LogP contribution in [0.15, 0.2) is 36.5 Å². The lowest BCUT2D eigenvalue weighted by molar-refractivity contribution is 1.30. The van der Waals surface area contributed by atoms with Crippen LogP contribution in [0.4, 0.5) is 0 Å². The zero-order chi connectivity index (χ0) is 11.5. The number of pyridine rings is 1. The molecular weight excluding hydrogens is 220 g/mol. The molecule has 3 heteroatoms. The molecule has 2 rings (SSSR count). The second kappa shape index (κ2) is 4.34. The fraction of sp³-hybridized carbons (Fsp3) is 0.0769. The van der Waals surface area contributed by atoms with Crippen LogP contribution >= 0.6 is 11.6 Å². The number of nitriles is 1. The van der Waals surface area contributed by atoms with Crippen LogP contribution in [0, 0.1) is 18.3 Å². The Labute approximate surface area is 99.1 Å². The summed E-state index contributed by atoms with van der Waals surface area (Å²) in [5.74, 6) is 0. The highest BCUT2D eigenvalue weighted by molar-refractivity contribution is 6.29. The summed E-state index contributed by atoms with van der Waals surface area (Å²) in [4.78, 5) is 3.91. The highest BCUT2D eigenvalue weighted by atomic mass is 35.5. The first-order chi connectivity index (χ1) is 7.72. The number of halogens is 1. The fourth-order valence-electron chi connectivity index (χ4n) is 1.62. The van der Waals surface area contributed by atoms with E-state index < -0.39 is 0 Å². The number of benzene rings is 1. The van der Waals surface area contributed by atoms with Crippen molar-refractivity contribution in [3.05, 3.63) is 52.8 Å². The second-order valence-corrected chi connectivity index (χ2v) is 3.87. The van der Waals surface area contributed by atoms with E-state index in [1.165, 1.54) is 6.20 Å². The van der Waals surface area contributed by atoms with Crippen LogP contribution in [0.3, 0.4) is 0 Å². The van der Waals surface area contributed by atoms with Crippen LogP contribution in [0.1, 0.15) is 11.1 Å². The van der Waals surface area contributed by atoms with Crippen molar-refractivity contribution in [3.63, 3.8) is 0 Å². The van der Waals surface area contributed by atoms with E-state index in [0.717, 1.165) is 16.7 Å². The number of nitrogens with zero attached hydrogens (tertiary/aromatic N) is 2. The number of rotatable bonds is 1. The molecule has 0 aliphatic heterocycles. The van der Waals surface area contributed by atoms with E-state index in [9.17, 15) is 0 Å². The van der Waals surface area contributed by atoms with E-state index >= 15 is 0 Å². The lowest BCUT2D eigenvalue weighted by atomic mass is 9.98. The van der Waals surface area contributed by atoms with Gasteiger partial charge < -0.3 is 0 Å². The molecule has 0 spiro atoms. The summed E-state index contributed by atoms with van der Waals surface area (Å²) in [5.41, 5.74) is 3.50. The Morgan fingerprint density at radius 1 is 1.25 bits per heavy atom. The molecule has 0 N–H and O–H groups in total. The van der Waals surface area contributed by atoms with Gasteiger partial charge in [-0.3, -0.25) is 0 Å². The first kappa shape index (κ1) is 10.7. The van der Waals surface area contributed by atoms with Gasteiger partial charge in [0, 0.05) is 11.8 Å². The minimum atomic E-state index is 0.400. The molecule has 16 heavy (non-hydrogen) atoms. The van der Waals surface area contributed by atoms with E-state index in [4.69, 9.17) is 16.9 Å². The lowest BCUT2D eigenvalue weighted by Crippen LogP contribution is -1.89. The summed E-state index contributed by atoms with van der Waals surface area (Å²) in [7, 11) is 0. The van der Waals surface area contributed by atoms with E-state index in [0.29, 0.717) is 10.7 Å². The number of hydrogen-bond donors (Lipinski definition) is 0. The van der Waals surface area contributed by atoms with Gasteiger partial charge in [-0.2, -0.15) is 5.26 Å². The van der Waals surface area contributed by atoms with Gasteiger partial charge in [-0.05, 0) is 24.1 Å². The molecule has 1 aromatic heterocycles. The Kier molecular flexibility index (Phi) is 2.89. The van der Waals surface area contributed by atoms with Gasteiger partial charge >= 0.3 is 0 Å². The van der Waals surface area contributed by atoms with Gasteiger partial charge in [0.1, 0.15) is 11.2 Å². The molecule has 2 aromatic rings. The molecule has 2 nitrogen and oxygen atoms in total. The molecule has 1 aromatic carbocycles. The maximum absolute atomic E-state index is 9.03. The molecule has 0 aliphatic rings. The Balaban J connectivity index is 2.69. The largest absolute Gasteiger partial charge is 0.243 e. The molecule has 0 radical (unpaired) electrons. The van der Waals surface area contributed by atoms with Crippen molar-refractivity contribution >= 4 is 11.6 Å². The van der Waals surface area contributed by atoms with E-state index in [2.05, 4.69) is 11.1 Å². The average molecular weight is 229 g/mol. The first-order valence-electron chi connectivity index (χ1n) is 4.84. The minimum absolute atomic E-state index is 0.400. The zero-order valence-electron chi connectivity index (χ0n) is 8.74. The molecule has 1 heterocycles. The number of aromatic nitrogens is 1. The van der Waals surface area contributed by atoms with Crippen LogP contribution in [0.2, 0.25) is 5.15 Å². The van der Waals surface area contributed by atoms with Crippen LogP contribution in [-0.2, 0) is 0 Å². The standard InChI is InChI=1S/C13H9ClN2/c1-9-4-2-3-5-11(9)12-6-13(14)16-8-10(12)7-15/h2-6,8H,1H3. The van der Waals surface area contributed by atoms with Gasteiger partial charge in [-0.25, -0.2) is 4.98 Å². The number of hydrogen-bond acceptors (Lipinski definition) is 2. The predicted molar refractivity (Wildman–Crippen MR) is 64.1 cm³/mol. The van der Waals surface area contributed by atoms with Crippen LogP contribution in [0.5, 0.6) is 0 Å². The van der Waals surface area contributed by atoms with Gasteiger partial charge in [0.25, 0.3) is 0 Å². The van der Waals surface area contributed by atoms with Crippen LogP contribution in [0.25, 0.3) is 11.1 Å². The van der Waals surface area contributed by atoms with Crippen molar-refractivity contribution < 1.29 is 0 Å². The van der Waals surface area contributed by atoms with Gasteiger partial charge in [-0.1, -0.05) is 35.9 Å². The van der Waals surface area contributed by atoms with Crippen LogP contribution < -0.4 is 0 Å². The third kappa shape index (κ3) is 1.91. The molecular formula is C13H9ClN2. The molecule has 0 saturated carbocycles. The smallest absolute Gasteiger partial charge is 0.129 e. The predicted octanol–water partition coefficient (Wildman–Crippen LogP) is 3.58. The topological polar surface area (TPSA) is 36.7 Å². The summed E-state index contributed by atoms with van der Waals surface area (Å²) in [6.07, 6.45) is 1.50. The van der Waals surface area contributed by atoms with E-state index in [1.807, 2.05) is 31.2 Å². The van der Waals surface area contributed by atoms with Gasteiger partial charge in [-0.15, -0.1) is 0 Å². The Morgan fingerprint density at radius 3 is 2.69 bits per heavy atom. The van der Waals surface area contributed by atoms with Crippen LogP contribution in [-0.4, -0.2) is 4.98 Å². The summed E-state index contributed by atoms with van der Waals surface area (Å²) < 4.78 is 0. The maximum Gasteiger partial charge on any atom is 0.129 e. The van der Waals surface area contributed by atoms with Gasteiger partial charge in [0.05, 0.1) is 5.56 Å². The third-order valence-corrected chi connectivity index (χ3v) is 2.63. The Morgan fingerprint density at radius 2 is 2.00 bits per heavy atom. The molecule has 0 atom stereocenters. The SMILES string of the molecule is Cc1ccccc1-c1cc(Cl)ncc1C#N. The summed E-state index contributed by atoms with van der Waals surface area (Å²) in [6.45, 7) is 2.00. The molecule has 0 bridgehead atoms. The monoisotopic (exact) mass is 228 g/mol. The molecule has 78 valence electrons. The van der Waals surface area contributed by atoms with E-state index in [1.54, 1.807) is 6.07 Å². The first-order valence-corrected chi connectivity index (χ1v) is 5.22. The number of aryl methyl sites for hydroxylation is 1. The van der Waals surface area contributed by atoms with Gasteiger partial charge in [0.15, 0.2) is 0 Å². The summed E-state index contributed by atoms with van der Waals surface area (Å²) >= 11 is 5.86. The van der Waals surface area contributed by atoms with Crippen molar-refractivity contribution in [2.75, 3.05) is 0 Å². The summed E-state index contributed by atoms with van der Waals surface area (Å²) in [6, 6.07) is 11.7. The molecule has 0 saturated heterocycles. The van der Waals surface area contributed by atoms with Crippen molar-refractivity contribution in [3.8, 4) is 17.2 Å². The third-order valence-electron chi connectivity index (χ3n) is 2.43. The molecule has 0 fully saturated rings. The molecule has 0 amide bonds. The minimum Gasteiger partial charge on any atom is -0.243 e. The van der Waals surface area contributed by atoms with Gasteiger partial charge in [0.2, 0.25) is 0 Å². The Hall–Kier alpha value is -1.85. The lowest BCUT2D eigenvalue weighted by Gasteiger charge is -2.07. The normalized spacial score (nSPS) is 9.81. The molecule has 0 unspecified atom stereocenters.